The van der Waals surface area contributed by atoms with Gasteiger partial charge in [0, 0.05) is 17.6 Å². The standard InChI is InChI=1S/C23H29ClFN3O4S/c1-5-16(2)26-23(30)17(3)27(14-18-6-8-19(24)9-7-18)22(29)15-28(33(4,31)32)21-12-10-20(25)11-13-21/h6-13,16-17H,5,14-15H2,1-4H3,(H,26,30)/t16-,17+/m1/s1. The smallest absolute Gasteiger partial charge is 0.244 e. The lowest BCUT2D eigenvalue weighted by Crippen LogP contribution is -2.52. The Balaban J connectivity index is 2.36. The van der Waals surface area contributed by atoms with Crippen LogP contribution in [-0.4, -0.2) is 50.0 Å². The van der Waals surface area contributed by atoms with Crippen LogP contribution in [0.4, 0.5) is 10.1 Å². The average Bonchev–Trinajstić information content (AvgIpc) is 2.76. The summed E-state index contributed by atoms with van der Waals surface area (Å²) in [4.78, 5) is 27.5. The number of hydrogen-bond acceptors (Lipinski definition) is 4. The molecule has 2 rings (SSSR count). The van der Waals surface area contributed by atoms with E-state index in [0.29, 0.717) is 5.02 Å². The monoisotopic (exact) mass is 497 g/mol. The van der Waals surface area contributed by atoms with E-state index in [2.05, 4.69) is 5.32 Å². The van der Waals surface area contributed by atoms with Gasteiger partial charge in [0.2, 0.25) is 21.8 Å². The van der Waals surface area contributed by atoms with Crippen molar-refractivity contribution in [2.75, 3.05) is 17.1 Å². The first kappa shape index (κ1) is 26.6. The van der Waals surface area contributed by atoms with E-state index in [-0.39, 0.29) is 24.2 Å². The number of benzene rings is 2. The van der Waals surface area contributed by atoms with Crippen molar-refractivity contribution in [3.63, 3.8) is 0 Å². The molecule has 33 heavy (non-hydrogen) atoms. The molecule has 0 saturated heterocycles. The highest BCUT2D eigenvalue weighted by atomic mass is 35.5. The number of nitrogens with zero attached hydrogens (tertiary/aromatic N) is 2. The van der Waals surface area contributed by atoms with Gasteiger partial charge in [-0.25, -0.2) is 12.8 Å². The number of carbonyl (C=O) groups is 2. The highest BCUT2D eigenvalue weighted by Crippen LogP contribution is 2.20. The summed E-state index contributed by atoms with van der Waals surface area (Å²) in [5.41, 5.74) is 0.874. The number of hydrogen-bond donors (Lipinski definition) is 1. The van der Waals surface area contributed by atoms with E-state index in [0.717, 1.165) is 34.7 Å². The molecule has 2 aromatic carbocycles. The molecule has 0 saturated carbocycles. The first-order valence-corrected chi connectivity index (χ1v) is 12.7. The molecule has 2 atom stereocenters. The van der Waals surface area contributed by atoms with Crippen molar-refractivity contribution in [3.8, 4) is 0 Å². The third-order valence-electron chi connectivity index (χ3n) is 5.23. The van der Waals surface area contributed by atoms with Gasteiger partial charge in [-0.15, -0.1) is 0 Å². The molecule has 0 aliphatic rings. The Kier molecular flexibility index (Phi) is 9.25. The van der Waals surface area contributed by atoms with Crippen LogP contribution < -0.4 is 9.62 Å². The van der Waals surface area contributed by atoms with E-state index in [1.807, 2.05) is 13.8 Å². The molecule has 1 N–H and O–H groups in total. The Morgan fingerprint density at radius 2 is 1.64 bits per heavy atom. The van der Waals surface area contributed by atoms with E-state index < -0.39 is 34.3 Å². The molecule has 0 aromatic heterocycles. The molecule has 0 heterocycles. The number of rotatable bonds is 10. The van der Waals surface area contributed by atoms with Crippen molar-refractivity contribution in [2.45, 2.75) is 45.8 Å². The number of sulfonamides is 1. The maximum atomic E-state index is 13.4. The van der Waals surface area contributed by atoms with Gasteiger partial charge in [-0.2, -0.15) is 0 Å². The van der Waals surface area contributed by atoms with E-state index in [1.54, 1.807) is 31.2 Å². The van der Waals surface area contributed by atoms with Gasteiger partial charge in [0.15, 0.2) is 0 Å². The van der Waals surface area contributed by atoms with E-state index >= 15 is 0 Å². The number of halogens is 2. The normalized spacial score (nSPS) is 13.2. The summed E-state index contributed by atoms with van der Waals surface area (Å²) in [6.07, 6.45) is 1.68. The number of carbonyl (C=O) groups excluding carboxylic acids is 2. The maximum Gasteiger partial charge on any atom is 0.244 e. The van der Waals surface area contributed by atoms with Crippen molar-refractivity contribution in [1.82, 2.24) is 10.2 Å². The van der Waals surface area contributed by atoms with Crippen molar-refractivity contribution < 1.29 is 22.4 Å². The van der Waals surface area contributed by atoms with Crippen molar-refractivity contribution in [2.24, 2.45) is 0 Å². The Morgan fingerprint density at radius 3 is 2.15 bits per heavy atom. The quantitative estimate of drug-likeness (QED) is 0.543. The molecule has 180 valence electrons. The molecule has 0 unspecified atom stereocenters. The molecule has 2 aromatic rings. The molecule has 10 heteroatoms. The third-order valence-corrected chi connectivity index (χ3v) is 6.62. The number of nitrogens with one attached hydrogen (secondary N) is 1. The summed E-state index contributed by atoms with van der Waals surface area (Å²) in [7, 11) is -3.86. The van der Waals surface area contributed by atoms with Gasteiger partial charge in [0.1, 0.15) is 18.4 Å². The predicted molar refractivity (Wildman–Crippen MR) is 128 cm³/mol. The fraction of sp³-hybridized carbons (Fsp3) is 0.391. The first-order chi connectivity index (χ1) is 15.4. The van der Waals surface area contributed by atoms with Crippen LogP contribution in [0.5, 0.6) is 0 Å². The zero-order chi connectivity index (χ0) is 24.8. The summed E-state index contributed by atoms with van der Waals surface area (Å²) in [6.45, 7) is 4.91. The van der Waals surface area contributed by atoms with Gasteiger partial charge in [-0.05, 0) is 62.2 Å². The Morgan fingerprint density at radius 1 is 1.06 bits per heavy atom. The van der Waals surface area contributed by atoms with E-state index in [1.165, 1.54) is 17.0 Å². The highest BCUT2D eigenvalue weighted by molar-refractivity contribution is 7.92. The largest absolute Gasteiger partial charge is 0.352 e. The van der Waals surface area contributed by atoms with Crippen LogP contribution in [0.15, 0.2) is 48.5 Å². The van der Waals surface area contributed by atoms with Crippen LogP contribution in [0.3, 0.4) is 0 Å². The Labute approximate surface area is 199 Å². The van der Waals surface area contributed by atoms with Crippen molar-refractivity contribution >= 4 is 39.1 Å². The van der Waals surface area contributed by atoms with Crippen LogP contribution in [0.1, 0.15) is 32.8 Å². The Hall–Kier alpha value is -2.65. The first-order valence-electron chi connectivity index (χ1n) is 10.5. The average molecular weight is 498 g/mol. The SMILES string of the molecule is CC[C@@H](C)NC(=O)[C@H](C)N(Cc1ccc(Cl)cc1)C(=O)CN(c1ccc(F)cc1)S(C)(=O)=O. The van der Waals surface area contributed by atoms with Crippen LogP contribution in [-0.2, 0) is 26.2 Å². The zero-order valence-corrected chi connectivity index (χ0v) is 20.7. The van der Waals surface area contributed by atoms with E-state index in [9.17, 15) is 22.4 Å². The summed E-state index contributed by atoms with van der Waals surface area (Å²) < 4.78 is 39.1. The molecule has 0 fully saturated rings. The lowest BCUT2D eigenvalue weighted by molar-refractivity contribution is -0.139. The molecule has 2 amide bonds. The summed E-state index contributed by atoms with van der Waals surface area (Å²) >= 11 is 5.95. The van der Waals surface area contributed by atoms with Gasteiger partial charge < -0.3 is 10.2 Å². The fourth-order valence-corrected chi connectivity index (χ4v) is 4.03. The maximum absolute atomic E-state index is 13.4. The fourth-order valence-electron chi connectivity index (χ4n) is 3.06. The summed E-state index contributed by atoms with van der Waals surface area (Å²) in [5.74, 6) is -1.45. The summed E-state index contributed by atoms with van der Waals surface area (Å²) in [5, 5.41) is 3.38. The second-order valence-electron chi connectivity index (χ2n) is 7.89. The van der Waals surface area contributed by atoms with Gasteiger partial charge in [-0.1, -0.05) is 30.7 Å². The van der Waals surface area contributed by atoms with Gasteiger partial charge >= 0.3 is 0 Å². The molecular weight excluding hydrogens is 469 g/mol. The molecule has 0 aliphatic heterocycles. The molecule has 0 bridgehead atoms. The minimum absolute atomic E-state index is 0.0755. The Bertz CT molecular complexity index is 1060. The number of amides is 2. The van der Waals surface area contributed by atoms with Gasteiger partial charge in [0.05, 0.1) is 11.9 Å². The van der Waals surface area contributed by atoms with Gasteiger partial charge in [0.25, 0.3) is 0 Å². The third kappa shape index (κ3) is 7.71. The number of anilines is 1. The van der Waals surface area contributed by atoms with Crippen LogP contribution in [0.2, 0.25) is 5.02 Å². The van der Waals surface area contributed by atoms with Crippen molar-refractivity contribution in [1.29, 1.82) is 0 Å². The van der Waals surface area contributed by atoms with Crippen molar-refractivity contribution in [3.05, 3.63) is 64.9 Å². The summed E-state index contributed by atoms with van der Waals surface area (Å²) in [6, 6.07) is 10.7. The minimum Gasteiger partial charge on any atom is -0.352 e. The predicted octanol–water partition coefficient (Wildman–Crippen LogP) is 3.58. The zero-order valence-electron chi connectivity index (χ0n) is 19.1. The lowest BCUT2D eigenvalue weighted by atomic mass is 10.1. The molecule has 0 aliphatic carbocycles. The van der Waals surface area contributed by atoms with Crippen LogP contribution >= 0.6 is 11.6 Å². The van der Waals surface area contributed by atoms with Crippen LogP contribution in [0, 0.1) is 5.82 Å². The molecular formula is C23H29ClFN3O4S. The second-order valence-corrected chi connectivity index (χ2v) is 10.2. The topological polar surface area (TPSA) is 86.8 Å². The van der Waals surface area contributed by atoms with Crippen LogP contribution in [0.25, 0.3) is 0 Å². The second kappa shape index (κ2) is 11.5. The molecule has 7 nitrogen and oxygen atoms in total. The minimum atomic E-state index is -3.86. The lowest BCUT2D eigenvalue weighted by Gasteiger charge is -2.32. The molecule has 0 radical (unpaired) electrons. The van der Waals surface area contributed by atoms with Gasteiger partial charge in [-0.3, -0.25) is 13.9 Å². The highest BCUT2D eigenvalue weighted by Gasteiger charge is 2.30. The van der Waals surface area contributed by atoms with E-state index in [4.69, 9.17) is 11.6 Å². The molecule has 0 spiro atoms.